The minimum Gasteiger partial charge on any atom is -0.380 e. The van der Waals surface area contributed by atoms with Crippen LogP contribution >= 0.6 is 11.8 Å². The van der Waals surface area contributed by atoms with Crippen LogP contribution in [0, 0.1) is 16.0 Å². The molecular weight excluding hydrogens is 248 g/mol. The zero-order chi connectivity index (χ0) is 13.5. The molecule has 1 N–H and O–H groups in total. The predicted molar refractivity (Wildman–Crippen MR) is 78.3 cm³/mol. The lowest BCUT2D eigenvalue weighted by atomic mass is 10.2. The third-order valence-electron chi connectivity index (χ3n) is 2.35. The maximum absolute atomic E-state index is 11.0. The molecule has 0 aliphatic rings. The minimum absolute atomic E-state index is 0.166. The fourth-order valence-corrected chi connectivity index (χ4v) is 2.57. The van der Waals surface area contributed by atoms with E-state index in [9.17, 15) is 10.1 Å². The van der Waals surface area contributed by atoms with Gasteiger partial charge in [-0.2, -0.15) is 11.8 Å². The van der Waals surface area contributed by atoms with Crippen molar-refractivity contribution in [3.63, 3.8) is 0 Å². The normalized spacial score (nSPS) is 10.7. The van der Waals surface area contributed by atoms with E-state index in [1.165, 1.54) is 0 Å². The second kappa shape index (κ2) is 7.26. The molecule has 0 aromatic heterocycles. The third-order valence-corrected chi connectivity index (χ3v) is 3.79. The molecule has 0 atom stereocenters. The molecular formula is C13H20N2O2S. The maximum Gasteiger partial charge on any atom is 0.292 e. The first-order chi connectivity index (χ1) is 8.54. The van der Waals surface area contributed by atoms with Crippen molar-refractivity contribution >= 4 is 23.1 Å². The van der Waals surface area contributed by atoms with Gasteiger partial charge in [-0.15, -0.1) is 0 Å². The van der Waals surface area contributed by atoms with Crippen LogP contribution in [0.4, 0.5) is 11.4 Å². The standard InChI is InChI=1S/C13H20N2O2S/c1-4-14-12-6-5-11(7-13(12)15(16)17)9-18-8-10(2)3/h5-7,10,14H,4,8-9H2,1-3H3. The van der Waals surface area contributed by atoms with E-state index in [1.807, 2.05) is 24.8 Å². The van der Waals surface area contributed by atoms with Gasteiger partial charge in [0, 0.05) is 18.4 Å². The summed E-state index contributed by atoms with van der Waals surface area (Å²) in [7, 11) is 0. The Balaban J connectivity index is 2.76. The molecule has 0 unspecified atom stereocenters. The number of benzene rings is 1. The number of rotatable bonds is 7. The van der Waals surface area contributed by atoms with Crippen molar-refractivity contribution in [3.05, 3.63) is 33.9 Å². The van der Waals surface area contributed by atoms with Gasteiger partial charge < -0.3 is 5.32 Å². The SMILES string of the molecule is CCNc1ccc(CSCC(C)C)cc1[N+](=O)[O-]. The van der Waals surface area contributed by atoms with E-state index in [2.05, 4.69) is 19.2 Å². The van der Waals surface area contributed by atoms with Gasteiger partial charge in [0.25, 0.3) is 5.69 Å². The van der Waals surface area contributed by atoms with Crippen LogP contribution in [0.5, 0.6) is 0 Å². The first kappa shape index (κ1) is 14.8. The molecule has 0 heterocycles. The van der Waals surface area contributed by atoms with Crippen LogP contribution in [-0.4, -0.2) is 17.2 Å². The summed E-state index contributed by atoms with van der Waals surface area (Å²) in [4.78, 5) is 10.7. The van der Waals surface area contributed by atoms with Gasteiger partial charge in [0.05, 0.1) is 4.92 Å². The van der Waals surface area contributed by atoms with Crippen LogP contribution in [0.1, 0.15) is 26.3 Å². The van der Waals surface area contributed by atoms with Crippen molar-refractivity contribution < 1.29 is 4.92 Å². The summed E-state index contributed by atoms with van der Waals surface area (Å²) in [5, 5.41) is 14.0. The summed E-state index contributed by atoms with van der Waals surface area (Å²) in [6.45, 7) is 6.95. The highest BCUT2D eigenvalue weighted by Crippen LogP contribution is 2.27. The largest absolute Gasteiger partial charge is 0.380 e. The number of thioether (sulfide) groups is 1. The highest BCUT2D eigenvalue weighted by Gasteiger charge is 2.13. The number of nitrogens with zero attached hydrogens (tertiary/aromatic N) is 1. The predicted octanol–water partition coefficient (Wildman–Crippen LogP) is 3.92. The van der Waals surface area contributed by atoms with Crippen LogP contribution in [0.3, 0.4) is 0 Å². The zero-order valence-corrected chi connectivity index (χ0v) is 11.9. The van der Waals surface area contributed by atoms with Crippen LogP contribution in [0.15, 0.2) is 18.2 Å². The van der Waals surface area contributed by atoms with Crippen LogP contribution in [0.25, 0.3) is 0 Å². The van der Waals surface area contributed by atoms with Gasteiger partial charge in [0.15, 0.2) is 0 Å². The fourth-order valence-electron chi connectivity index (χ4n) is 1.57. The second-order valence-corrected chi connectivity index (χ2v) is 5.58. The van der Waals surface area contributed by atoms with Gasteiger partial charge in [0.2, 0.25) is 0 Å². The minimum atomic E-state index is -0.325. The van der Waals surface area contributed by atoms with Crippen molar-refractivity contribution in [1.82, 2.24) is 0 Å². The molecule has 5 heteroatoms. The van der Waals surface area contributed by atoms with Gasteiger partial charge in [-0.3, -0.25) is 10.1 Å². The summed E-state index contributed by atoms with van der Waals surface area (Å²) in [5.74, 6) is 2.54. The molecule has 0 radical (unpaired) electrons. The molecule has 0 amide bonds. The monoisotopic (exact) mass is 268 g/mol. The van der Waals surface area contributed by atoms with Crippen LogP contribution in [0.2, 0.25) is 0 Å². The van der Waals surface area contributed by atoms with E-state index in [-0.39, 0.29) is 10.6 Å². The molecule has 1 aromatic rings. The maximum atomic E-state index is 11.0. The molecule has 18 heavy (non-hydrogen) atoms. The van der Waals surface area contributed by atoms with Gasteiger partial charge in [0.1, 0.15) is 5.69 Å². The smallest absolute Gasteiger partial charge is 0.292 e. The van der Waals surface area contributed by atoms with E-state index in [0.717, 1.165) is 17.1 Å². The molecule has 0 aliphatic carbocycles. The molecule has 0 aliphatic heterocycles. The molecule has 0 saturated carbocycles. The Morgan fingerprint density at radius 3 is 2.72 bits per heavy atom. The van der Waals surface area contributed by atoms with Crippen molar-refractivity contribution in [2.75, 3.05) is 17.6 Å². The first-order valence-corrected chi connectivity index (χ1v) is 7.29. The number of hydrogen-bond donors (Lipinski definition) is 1. The van der Waals surface area contributed by atoms with Crippen molar-refractivity contribution in [3.8, 4) is 0 Å². The summed E-state index contributed by atoms with van der Waals surface area (Å²) in [6, 6.07) is 5.43. The number of nitrogens with one attached hydrogen (secondary N) is 1. The molecule has 1 aromatic carbocycles. The second-order valence-electron chi connectivity index (χ2n) is 4.55. The third kappa shape index (κ3) is 4.56. The highest BCUT2D eigenvalue weighted by atomic mass is 32.2. The van der Waals surface area contributed by atoms with Gasteiger partial charge in [-0.25, -0.2) is 0 Å². The molecule has 100 valence electrons. The highest BCUT2D eigenvalue weighted by molar-refractivity contribution is 7.98. The van der Waals surface area contributed by atoms with E-state index in [1.54, 1.807) is 12.1 Å². The Bertz CT molecular complexity index is 408. The van der Waals surface area contributed by atoms with Gasteiger partial charge in [-0.05, 0) is 30.2 Å². The molecule has 4 nitrogen and oxygen atoms in total. The average molecular weight is 268 g/mol. The summed E-state index contributed by atoms with van der Waals surface area (Å²) in [5.41, 5.74) is 1.77. The summed E-state index contributed by atoms with van der Waals surface area (Å²) < 4.78 is 0. The number of anilines is 1. The Hall–Kier alpha value is -1.23. The Labute approximate surface area is 112 Å². The zero-order valence-electron chi connectivity index (χ0n) is 11.1. The lowest BCUT2D eigenvalue weighted by Gasteiger charge is -2.08. The van der Waals surface area contributed by atoms with E-state index < -0.39 is 0 Å². The van der Waals surface area contributed by atoms with Crippen LogP contribution in [-0.2, 0) is 5.75 Å². The topological polar surface area (TPSA) is 55.2 Å². The number of nitro groups is 1. The number of hydrogen-bond acceptors (Lipinski definition) is 4. The van der Waals surface area contributed by atoms with Gasteiger partial charge >= 0.3 is 0 Å². The Kier molecular flexibility index (Phi) is 5.98. The first-order valence-electron chi connectivity index (χ1n) is 6.13. The average Bonchev–Trinajstić information content (AvgIpc) is 2.30. The lowest BCUT2D eigenvalue weighted by molar-refractivity contribution is -0.384. The molecule has 0 saturated heterocycles. The van der Waals surface area contributed by atoms with E-state index >= 15 is 0 Å². The molecule has 1 rings (SSSR count). The molecule has 0 spiro atoms. The fraction of sp³-hybridized carbons (Fsp3) is 0.538. The van der Waals surface area contributed by atoms with Gasteiger partial charge in [-0.1, -0.05) is 19.9 Å². The van der Waals surface area contributed by atoms with Crippen molar-refractivity contribution in [2.45, 2.75) is 26.5 Å². The van der Waals surface area contributed by atoms with E-state index in [4.69, 9.17) is 0 Å². The summed E-state index contributed by atoms with van der Waals surface area (Å²) in [6.07, 6.45) is 0. The lowest BCUT2D eigenvalue weighted by Crippen LogP contribution is -2.01. The quantitative estimate of drug-likeness (QED) is 0.601. The summed E-state index contributed by atoms with van der Waals surface area (Å²) >= 11 is 1.81. The van der Waals surface area contributed by atoms with E-state index in [0.29, 0.717) is 18.2 Å². The Morgan fingerprint density at radius 1 is 1.44 bits per heavy atom. The van der Waals surface area contributed by atoms with Crippen molar-refractivity contribution in [1.29, 1.82) is 0 Å². The van der Waals surface area contributed by atoms with Crippen LogP contribution < -0.4 is 5.32 Å². The number of nitro benzene ring substituents is 1. The Morgan fingerprint density at radius 2 is 2.17 bits per heavy atom. The van der Waals surface area contributed by atoms with Crippen molar-refractivity contribution in [2.24, 2.45) is 5.92 Å². The molecule has 0 fully saturated rings. The molecule has 0 bridgehead atoms.